The summed E-state index contributed by atoms with van der Waals surface area (Å²) in [6, 6.07) is 13.5. The third kappa shape index (κ3) is 4.23. The van der Waals surface area contributed by atoms with Crippen molar-refractivity contribution >= 4 is 17.7 Å². The second-order valence-electron chi connectivity index (χ2n) is 5.71. The minimum Gasteiger partial charge on any atom is -0.461 e. The van der Waals surface area contributed by atoms with Crippen LogP contribution >= 0.6 is 11.8 Å². The van der Waals surface area contributed by atoms with E-state index in [1.807, 2.05) is 41.0 Å². The summed E-state index contributed by atoms with van der Waals surface area (Å²) in [5.41, 5.74) is 1.10. The fraction of sp³-hybridized carbons (Fsp3) is 0.211. The summed E-state index contributed by atoms with van der Waals surface area (Å²) in [5.74, 6) is 1.59. The molecule has 7 heteroatoms. The molecule has 0 unspecified atom stereocenters. The van der Waals surface area contributed by atoms with Crippen molar-refractivity contribution in [2.24, 2.45) is 0 Å². The summed E-state index contributed by atoms with van der Waals surface area (Å²) >= 11 is 1.36. The van der Waals surface area contributed by atoms with Gasteiger partial charge in [-0.05, 0) is 17.7 Å². The predicted molar refractivity (Wildman–Crippen MR) is 102 cm³/mol. The first-order valence-corrected chi connectivity index (χ1v) is 9.16. The predicted octanol–water partition coefficient (Wildman–Crippen LogP) is 3.47. The van der Waals surface area contributed by atoms with Crippen LogP contribution in [0.3, 0.4) is 0 Å². The molecule has 0 spiro atoms. The van der Waals surface area contributed by atoms with Crippen LogP contribution in [0, 0.1) is 0 Å². The number of aromatic nitrogens is 3. The maximum absolute atomic E-state index is 12.4. The smallest absolute Gasteiger partial charge is 0.233 e. The third-order valence-corrected chi connectivity index (χ3v) is 4.73. The van der Waals surface area contributed by atoms with E-state index in [2.05, 4.69) is 16.8 Å². The molecule has 0 aliphatic carbocycles. The lowest BCUT2D eigenvalue weighted by Gasteiger charge is -2.17. The van der Waals surface area contributed by atoms with Gasteiger partial charge in [0.25, 0.3) is 0 Å². The molecular formula is C19H20N4O2S. The van der Waals surface area contributed by atoms with Gasteiger partial charge in [-0.25, -0.2) is 0 Å². The number of thioether (sulfide) groups is 1. The number of nitrogens with zero attached hydrogens (tertiary/aromatic N) is 4. The Morgan fingerprint density at radius 2 is 2.08 bits per heavy atom. The molecule has 1 aromatic carbocycles. The van der Waals surface area contributed by atoms with Gasteiger partial charge in [0.15, 0.2) is 10.9 Å². The van der Waals surface area contributed by atoms with Crippen LogP contribution in [0.4, 0.5) is 0 Å². The molecule has 3 rings (SSSR count). The molecule has 0 saturated heterocycles. The van der Waals surface area contributed by atoms with Gasteiger partial charge in [-0.3, -0.25) is 9.36 Å². The van der Waals surface area contributed by atoms with Crippen molar-refractivity contribution < 1.29 is 9.21 Å². The van der Waals surface area contributed by atoms with Crippen LogP contribution in [0.5, 0.6) is 0 Å². The lowest BCUT2D eigenvalue weighted by atomic mass is 10.2. The minimum atomic E-state index is 0.0338. The molecule has 0 fully saturated rings. The highest BCUT2D eigenvalue weighted by atomic mass is 32.2. The highest BCUT2D eigenvalue weighted by Gasteiger charge is 2.17. The van der Waals surface area contributed by atoms with E-state index >= 15 is 0 Å². The number of hydrogen-bond donors (Lipinski definition) is 0. The van der Waals surface area contributed by atoms with E-state index in [0.29, 0.717) is 29.8 Å². The molecule has 0 aliphatic rings. The van der Waals surface area contributed by atoms with Gasteiger partial charge in [-0.1, -0.05) is 48.2 Å². The molecule has 0 N–H and O–H groups in total. The number of hydrogen-bond acceptors (Lipinski definition) is 5. The Morgan fingerprint density at radius 3 is 2.77 bits per heavy atom. The molecule has 1 amide bonds. The van der Waals surface area contributed by atoms with Crippen LogP contribution in [0.1, 0.15) is 5.56 Å². The number of carbonyl (C=O) groups is 1. The average Bonchev–Trinajstić information content (AvgIpc) is 3.30. The van der Waals surface area contributed by atoms with Crippen molar-refractivity contribution in [2.45, 2.75) is 18.2 Å². The zero-order valence-electron chi connectivity index (χ0n) is 14.5. The number of allylic oxidation sites excluding steroid dienone is 1. The Bertz CT molecular complexity index is 859. The van der Waals surface area contributed by atoms with E-state index < -0.39 is 0 Å². The molecule has 2 heterocycles. The van der Waals surface area contributed by atoms with Crippen LogP contribution < -0.4 is 0 Å². The molecule has 2 aromatic heterocycles. The number of rotatable bonds is 8. The maximum Gasteiger partial charge on any atom is 0.233 e. The van der Waals surface area contributed by atoms with Gasteiger partial charge in [0.2, 0.25) is 11.7 Å². The Morgan fingerprint density at radius 1 is 1.27 bits per heavy atom. The summed E-state index contributed by atoms with van der Waals surface area (Å²) in [6.07, 6.45) is 3.36. The summed E-state index contributed by atoms with van der Waals surface area (Å²) in [6.45, 7) is 4.90. The zero-order valence-corrected chi connectivity index (χ0v) is 15.4. The van der Waals surface area contributed by atoms with Crippen molar-refractivity contribution in [3.8, 4) is 11.6 Å². The molecule has 6 nitrogen and oxygen atoms in total. The van der Waals surface area contributed by atoms with Crippen LogP contribution in [0.25, 0.3) is 11.6 Å². The summed E-state index contributed by atoms with van der Waals surface area (Å²) in [5, 5.41) is 9.06. The topological polar surface area (TPSA) is 64.2 Å². The number of furan rings is 1. The summed E-state index contributed by atoms with van der Waals surface area (Å²) in [7, 11) is 1.80. The van der Waals surface area contributed by atoms with Crippen molar-refractivity contribution in [2.75, 3.05) is 12.8 Å². The van der Waals surface area contributed by atoms with Crippen molar-refractivity contribution in [3.63, 3.8) is 0 Å². The second-order valence-corrected chi connectivity index (χ2v) is 6.65. The first-order valence-electron chi connectivity index (χ1n) is 8.17. The van der Waals surface area contributed by atoms with Gasteiger partial charge < -0.3 is 9.32 Å². The van der Waals surface area contributed by atoms with E-state index in [4.69, 9.17) is 4.42 Å². The van der Waals surface area contributed by atoms with Crippen molar-refractivity contribution in [3.05, 3.63) is 66.9 Å². The molecule has 0 saturated carbocycles. The van der Waals surface area contributed by atoms with Gasteiger partial charge >= 0.3 is 0 Å². The largest absolute Gasteiger partial charge is 0.461 e. The average molecular weight is 368 g/mol. The molecule has 0 aliphatic heterocycles. The highest BCUT2D eigenvalue weighted by molar-refractivity contribution is 7.99. The van der Waals surface area contributed by atoms with Crippen molar-refractivity contribution in [1.82, 2.24) is 19.7 Å². The third-order valence-electron chi connectivity index (χ3n) is 3.78. The van der Waals surface area contributed by atoms with Crippen LogP contribution in [0.2, 0.25) is 0 Å². The molecule has 0 bridgehead atoms. The molecule has 26 heavy (non-hydrogen) atoms. The monoisotopic (exact) mass is 368 g/mol. The lowest BCUT2D eigenvalue weighted by Crippen LogP contribution is -2.27. The Kier molecular flexibility index (Phi) is 5.91. The standard InChI is InChI=1S/C19H20N4O2S/c1-3-11-23-18(16-10-7-12-25-16)20-21-19(23)26-14-17(24)22(2)13-15-8-5-4-6-9-15/h3-10,12H,1,11,13-14H2,2H3. The fourth-order valence-corrected chi connectivity index (χ4v) is 3.35. The summed E-state index contributed by atoms with van der Waals surface area (Å²) in [4.78, 5) is 14.1. The van der Waals surface area contributed by atoms with Gasteiger partial charge in [-0.15, -0.1) is 16.8 Å². The van der Waals surface area contributed by atoms with E-state index in [0.717, 1.165) is 5.56 Å². The van der Waals surface area contributed by atoms with E-state index in [9.17, 15) is 4.79 Å². The van der Waals surface area contributed by atoms with Gasteiger partial charge in [0.05, 0.1) is 12.0 Å². The van der Waals surface area contributed by atoms with Crippen LogP contribution in [0.15, 0.2) is 71.0 Å². The maximum atomic E-state index is 12.4. The Balaban J connectivity index is 1.65. The van der Waals surface area contributed by atoms with E-state index in [1.54, 1.807) is 30.4 Å². The van der Waals surface area contributed by atoms with Crippen LogP contribution in [-0.4, -0.2) is 38.4 Å². The van der Waals surface area contributed by atoms with E-state index in [1.165, 1.54) is 11.8 Å². The van der Waals surface area contributed by atoms with E-state index in [-0.39, 0.29) is 11.7 Å². The molecule has 0 radical (unpaired) electrons. The lowest BCUT2D eigenvalue weighted by molar-refractivity contribution is -0.127. The quantitative estimate of drug-likeness (QED) is 0.450. The zero-order chi connectivity index (χ0) is 18.4. The van der Waals surface area contributed by atoms with Gasteiger partial charge in [-0.2, -0.15) is 0 Å². The number of amides is 1. The summed E-state index contributed by atoms with van der Waals surface area (Å²) < 4.78 is 7.30. The number of carbonyl (C=O) groups excluding carboxylic acids is 1. The SMILES string of the molecule is C=CCn1c(SCC(=O)N(C)Cc2ccccc2)nnc1-c1ccco1. The fourth-order valence-electron chi connectivity index (χ4n) is 2.46. The van der Waals surface area contributed by atoms with Crippen molar-refractivity contribution in [1.29, 1.82) is 0 Å². The molecule has 134 valence electrons. The Hall–Kier alpha value is -2.80. The highest BCUT2D eigenvalue weighted by Crippen LogP contribution is 2.24. The first kappa shape index (κ1) is 18.0. The Labute approximate surface area is 156 Å². The van der Waals surface area contributed by atoms with Crippen LogP contribution in [-0.2, 0) is 17.9 Å². The van der Waals surface area contributed by atoms with Gasteiger partial charge in [0, 0.05) is 20.1 Å². The molecule has 3 aromatic rings. The molecule has 0 atom stereocenters. The first-order chi connectivity index (χ1) is 12.7. The minimum absolute atomic E-state index is 0.0338. The molecular weight excluding hydrogens is 348 g/mol. The normalized spacial score (nSPS) is 10.7. The number of benzene rings is 1. The van der Waals surface area contributed by atoms with Gasteiger partial charge in [0.1, 0.15) is 0 Å². The second kappa shape index (κ2) is 8.53.